The fraction of sp³-hybridized carbons (Fsp3) is 0.833. The van der Waals surface area contributed by atoms with Crippen molar-refractivity contribution in [1.82, 2.24) is 0 Å². The van der Waals surface area contributed by atoms with E-state index < -0.39 is 0 Å². The van der Waals surface area contributed by atoms with Crippen molar-refractivity contribution in [2.75, 3.05) is 7.05 Å². The maximum Gasteiger partial charge on any atom is 0.120 e. The maximum atomic E-state index is 10.1. The molecular weight excluding hydrogens is 174 g/mol. The number of hydrogen-bond acceptors (Lipinski definition) is 2. The fourth-order valence-electron chi connectivity index (χ4n) is 1.46. The van der Waals surface area contributed by atoms with Gasteiger partial charge in [-0.3, -0.25) is 0 Å². The smallest absolute Gasteiger partial charge is 0.120 e. The summed E-state index contributed by atoms with van der Waals surface area (Å²) in [6.07, 6.45) is 5.36. The van der Waals surface area contributed by atoms with E-state index in [9.17, 15) is 4.79 Å². The molecule has 1 unspecified atom stereocenters. The standard InChI is InChI=1S/C10H20O.C2H5N/c1-4-6-10(9(2)3)7-5-8-11;1-3-2/h8-10H,4-7H2,1-3H3;1H2,2H3. The van der Waals surface area contributed by atoms with Crippen LogP contribution in [0.2, 0.25) is 0 Å². The van der Waals surface area contributed by atoms with Gasteiger partial charge in [0.1, 0.15) is 6.29 Å². The Morgan fingerprint density at radius 1 is 1.36 bits per heavy atom. The van der Waals surface area contributed by atoms with Crippen LogP contribution in [0, 0.1) is 11.8 Å². The number of aliphatic imine (C=N–C) groups is 1. The van der Waals surface area contributed by atoms with Crippen LogP contribution in [0.4, 0.5) is 0 Å². The van der Waals surface area contributed by atoms with Crippen molar-refractivity contribution < 1.29 is 4.79 Å². The van der Waals surface area contributed by atoms with Crippen molar-refractivity contribution in [3.05, 3.63) is 0 Å². The summed E-state index contributed by atoms with van der Waals surface area (Å²) >= 11 is 0. The van der Waals surface area contributed by atoms with E-state index in [4.69, 9.17) is 0 Å². The lowest BCUT2D eigenvalue weighted by atomic mass is 9.88. The molecule has 0 aliphatic carbocycles. The van der Waals surface area contributed by atoms with Crippen LogP contribution in [0.15, 0.2) is 4.99 Å². The number of carbonyl (C=O) groups is 1. The molecular formula is C12H25NO. The molecule has 0 radical (unpaired) electrons. The molecule has 0 heterocycles. The summed E-state index contributed by atoms with van der Waals surface area (Å²) in [7, 11) is 1.64. The molecule has 0 amide bonds. The molecule has 2 nitrogen and oxygen atoms in total. The number of hydrogen-bond donors (Lipinski definition) is 0. The molecule has 0 N–H and O–H groups in total. The molecule has 0 rings (SSSR count). The molecule has 0 aliphatic rings. The van der Waals surface area contributed by atoms with E-state index in [-0.39, 0.29) is 0 Å². The second-order valence-corrected chi connectivity index (χ2v) is 3.85. The highest BCUT2D eigenvalue weighted by molar-refractivity contribution is 5.49. The molecule has 0 bridgehead atoms. The minimum absolute atomic E-state index is 0.731. The predicted octanol–water partition coefficient (Wildman–Crippen LogP) is 3.35. The summed E-state index contributed by atoms with van der Waals surface area (Å²) in [4.78, 5) is 13.4. The van der Waals surface area contributed by atoms with E-state index >= 15 is 0 Å². The summed E-state index contributed by atoms with van der Waals surface area (Å²) in [5.41, 5.74) is 0. The second-order valence-electron chi connectivity index (χ2n) is 3.85. The van der Waals surface area contributed by atoms with Gasteiger partial charge < -0.3 is 9.79 Å². The lowest BCUT2D eigenvalue weighted by Gasteiger charge is -2.18. The molecule has 0 fully saturated rings. The first-order chi connectivity index (χ1) is 6.63. The Labute approximate surface area is 88.8 Å². The van der Waals surface area contributed by atoms with Gasteiger partial charge in [0.2, 0.25) is 0 Å². The number of carbonyl (C=O) groups excluding carboxylic acids is 1. The van der Waals surface area contributed by atoms with Gasteiger partial charge in [-0.15, -0.1) is 0 Å². The third-order valence-electron chi connectivity index (χ3n) is 2.26. The largest absolute Gasteiger partial charge is 0.304 e. The first kappa shape index (κ1) is 15.8. The Hall–Kier alpha value is -0.660. The quantitative estimate of drug-likeness (QED) is 0.476. The van der Waals surface area contributed by atoms with E-state index in [1.165, 1.54) is 12.8 Å². The Morgan fingerprint density at radius 2 is 1.86 bits per heavy atom. The van der Waals surface area contributed by atoms with Crippen LogP contribution >= 0.6 is 0 Å². The van der Waals surface area contributed by atoms with Crippen LogP contribution in [0.3, 0.4) is 0 Å². The first-order valence-electron chi connectivity index (χ1n) is 5.42. The van der Waals surface area contributed by atoms with Gasteiger partial charge >= 0.3 is 0 Å². The van der Waals surface area contributed by atoms with Crippen LogP contribution in [0.25, 0.3) is 0 Å². The fourth-order valence-corrected chi connectivity index (χ4v) is 1.46. The highest BCUT2D eigenvalue weighted by atomic mass is 16.1. The molecule has 1 atom stereocenters. The van der Waals surface area contributed by atoms with Gasteiger partial charge in [0.05, 0.1) is 0 Å². The van der Waals surface area contributed by atoms with Crippen molar-refractivity contribution in [3.8, 4) is 0 Å². The number of rotatable bonds is 6. The molecule has 0 aromatic heterocycles. The van der Waals surface area contributed by atoms with Crippen molar-refractivity contribution in [2.24, 2.45) is 16.8 Å². The van der Waals surface area contributed by atoms with Crippen LogP contribution in [0.5, 0.6) is 0 Å². The highest BCUT2D eigenvalue weighted by Gasteiger charge is 2.10. The summed E-state index contributed by atoms with van der Waals surface area (Å²) in [6, 6.07) is 0. The van der Waals surface area contributed by atoms with Gasteiger partial charge in [0, 0.05) is 13.5 Å². The topological polar surface area (TPSA) is 29.4 Å². The Bertz CT molecular complexity index is 132. The first-order valence-corrected chi connectivity index (χ1v) is 5.42. The average Bonchev–Trinajstić information content (AvgIpc) is 2.13. The molecule has 0 aliphatic heterocycles. The summed E-state index contributed by atoms with van der Waals surface area (Å²) in [6.45, 7) is 9.80. The van der Waals surface area contributed by atoms with Crippen LogP contribution < -0.4 is 0 Å². The lowest BCUT2D eigenvalue weighted by Crippen LogP contribution is -2.08. The average molecular weight is 199 g/mol. The lowest BCUT2D eigenvalue weighted by molar-refractivity contribution is -0.108. The van der Waals surface area contributed by atoms with Gasteiger partial charge in [0.15, 0.2) is 0 Å². The molecule has 84 valence electrons. The molecule has 0 saturated carbocycles. The van der Waals surface area contributed by atoms with E-state index in [2.05, 4.69) is 32.5 Å². The molecule has 14 heavy (non-hydrogen) atoms. The zero-order valence-electron chi connectivity index (χ0n) is 10.1. The minimum Gasteiger partial charge on any atom is -0.304 e. The van der Waals surface area contributed by atoms with Gasteiger partial charge in [0.25, 0.3) is 0 Å². The van der Waals surface area contributed by atoms with Crippen molar-refractivity contribution in [2.45, 2.75) is 46.5 Å². The van der Waals surface area contributed by atoms with Crippen molar-refractivity contribution in [1.29, 1.82) is 0 Å². The van der Waals surface area contributed by atoms with Gasteiger partial charge in [-0.05, 0) is 25.0 Å². The monoisotopic (exact) mass is 199 g/mol. The third-order valence-corrected chi connectivity index (χ3v) is 2.26. The maximum absolute atomic E-state index is 10.1. The summed E-state index contributed by atoms with van der Waals surface area (Å²) in [5, 5.41) is 0. The molecule has 0 aromatic carbocycles. The van der Waals surface area contributed by atoms with E-state index in [0.29, 0.717) is 0 Å². The van der Waals surface area contributed by atoms with Gasteiger partial charge in [-0.2, -0.15) is 0 Å². The van der Waals surface area contributed by atoms with Crippen LogP contribution in [0.1, 0.15) is 46.5 Å². The molecule has 0 saturated heterocycles. The number of aldehydes is 1. The highest BCUT2D eigenvalue weighted by Crippen LogP contribution is 2.21. The Morgan fingerprint density at radius 3 is 2.14 bits per heavy atom. The minimum atomic E-state index is 0.731. The van der Waals surface area contributed by atoms with Crippen molar-refractivity contribution in [3.63, 3.8) is 0 Å². The van der Waals surface area contributed by atoms with Gasteiger partial charge in [-0.1, -0.05) is 33.6 Å². The van der Waals surface area contributed by atoms with Crippen molar-refractivity contribution >= 4 is 13.0 Å². The SMILES string of the molecule is C=NC.CCCC(CCC=O)C(C)C. The number of nitrogens with zero attached hydrogens (tertiary/aromatic N) is 1. The molecule has 2 heteroatoms. The van der Waals surface area contributed by atoms with E-state index in [0.717, 1.165) is 31.0 Å². The Balaban J connectivity index is 0. The van der Waals surface area contributed by atoms with Crippen LogP contribution in [-0.4, -0.2) is 20.1 Å². The summed E-state index contributed by atoms with van der Waals surface area (Å²) in [5.74, 6) is 1.49. The van der Waals surface area contributed by atoms with Gasteiger partial charge in [-0.25, -0.2) is 0 Å². The predicted molar refractivity (Wildman–Crippen MR) is 64.0 cm³/mol. The summed E-state index contributed by atoms with van der Waals surface area (Å²) < 4.78 is 0. The third kappa shape index (κ3) is 11.3. The molecule has 0 spiro atoms. The second kappa shape index (κ2) is 12.3. The normalized spacial score (nSPS) is 11.5. The van der Waals surface area contributed by atoms with E-state index in [1.807, 2.05) is 0 Å². The Kier molecular flexibility index (Phi) is 13.9. The zero-order valence-corrected chi connectivity index (χ0v) is 10.1. The molecule has 0 aromatic rings. The van der Waals surface area contributed by atoms with E-state index in [1.54, 1.807) is 7.05 Å². The zero-order chi connectivity index (χ0) is 11.4. The van der Waals surface area contributed by atoms with Crippen LogP contribution in [-0.2, 0) is 4.79 Å².